The zero-order valence-electron chi connectivity index (χ0n) is 34.9. The van der Waals surface area contributed by atoms with Gasteiger partial charge >= 0.3 is 0 Å². The molecule has 0 atom stereocenters. The van der Waals surface area contributed by atoms with E-state index in [2.05, 4.69) is 197 Å². The number of hydrogen-bond donors (Lipinski definition) is 0. The third kappa shape index (κ3) is 6.16. The first-order chi connectivity index (χ1) is 32.2. The van der Waals surface area contributed by atoms with Gasteiger partial charge < -0.3 is 4.57 Å². The fourth-order valence-electron chi connectivity index (χ4n) is 9.42. The molecule has 304 valence electrons. The summed E-state index contributed by atoms with van der Waals surface area (Å²) in [5.74, 6) is 1.76. The fraction of sp³-hybridized carbons (Fsp3) is 0. The first kappa shape index (κ1) is 37.1. The van der Waals surface area contributed by atoms with Gasteiger partial charge in [-0.15, -0.1) is 11.3 Å². The first-order valence-corrected chi connectivity index (χ1v) is 22.5. The molecule has 4 aromatic heterocycles. The molecule has 0 radical (unpaired) electrons. The van der Waals surface area contributed by atoms with Gasteiger partial charge in [-0.05, 0) is 47.0 Å². The van der Waals surface area contributed by atoms with Crippen LogP contribution < -0.4 is 0 Å². The van der Waals surface area contributed by atoms with Crippen molar-refractivity contribution in [2.24, 2.45) is 0 Å². The van der Waals surface area contributed by atoms with Crippen molar-refractivity contribution in [3.63, 3.8) is 0 Å². The molecule has 0 aliphatic rings. The van der Waals surface area contributed by atoms with E-state index in [9.17, 15) is 0 Å². The van der Waals surface area contributed by atoms with Crippen LogP contribution in [0.25, 0.3) is 121 Å². The summed E-state index contributed by atoms with van der Waals surface area (Å²) in [5, 5.41) is 5.57. The topological polar surface area (TPSA) is 61.4 Å². The van der Waals surface area contributed by atoms with Crippen LogP contribution in [0.15, 0.2) is 218 Å². The zero-order valence-corrected chi connectivity index (χ0v) is 35.7. The summed E-state index contributed by atoms with van der Waals surface area (Å²) in [6, 6.07) is 76.8. The minimum atomic E-state index is 0.552. The zero-order chi connectivity index (χ0) is 42.8. The number of benzene rings is 9. The van der Waals surface area contributed by atoms with Gasteiger partial charge in [0.1, 0.15) is 5.01 Å². The lowest BCUT2D eigenvalue weighted by molar-refractivity contribution is 0.953. The highest BCUT2D eigenvalue weighted by Crippen LogP contribution is 2.43. The predicted octanol–water partition coefficient (Wildman–Crippen LogP) is 15.0. The Balaban J connectivity index is 1.06. The second-order valence-electron chi connectivity index (χ2n) is 16.2. The van der Waals surface area contributed by atoms with Crippen LogP contribution in [0.4, 0.5) is 0 Å². The highest BCUT2D eigenvalue weighted by Gasteiger charge is 2.24. The minimum Gasteiger partial charge on any atom is -0.307 e. The smallest absolute Gasteiger partial charge is 0.238 e. The lowest BCUT2D eigenvalue weighted by Gasteiger charge is -2.14. The van der Waals surface area contributed by atoms with Gasteiger partial charge in [0.25, 0.3) is 0 Å². The predicted molar refractivity (Wildman–Crippen MR) is 269 cm³/mol. The van der Waals surface area contributed by atoms with Crippen LogP contribution in [0.2, 0.25) is 0 Å². The number of thiazole rings is 1. The van der Waals surface area contributed by atoms with Crippen molar-refractivity contribution >= 4 is 65.2 Å². The second-order valence-corrected chi connectivity index (χ2v) is 17.2. The van der Waals surface area contributed by atoms with E-state index in [4.69, 9.17) is 19.9 Å². The summed E-state index contributed by atoms with van der Waals surface area (Å²) in [6.45, 7) is 0. The van der Waals surface area contributed by atoms with Gasteiger partial charge in [0.15, 0.2) is 11.6 Å². The Morgan fingerprint density at radius 2 is 0.846 bits per heavy atom. The molecule has 0 saturated heterocycles. The maximum Gasteiger partial charge on any atom is 0.238 e. The minimum absolute atomic E-state index is 0.552. The van der Waals surface area contributed by atoms with Crippen molar-refractivity contribution in [1.82, 2.24) is 29.1 Å². The molecule has 13 aromatic rings. The highest BCUT2D eigenvalue weighted by molar-refractivity contribution is 7.22. The summed E-state index contributed by atoms with van der Waals surface area (Å²) in [4.78, 5) is 20.9. The number of para-hydroxylation sites is 2. The highest BCUT2D eigenvalue weighted by atomic mass is 32.1. The fourth-order valence-corrected chi connectivity index (χ4v) is 10.5. The number of nitrogens with zero attached hydrogens (tertiary/aromatic N) is 6. The first-order valence-electron chi connectivity index (χ1n) is 21.7. The molecule has 0 amide bonds. The Labute approximate surface area is 378 Å². The molecular formula is C58H36N6S. The van der Waals surface area contributed by atoms with Crippen LogP contribution >= 0.6 is 11.3 Å². The monoisotopic (exact) mass is 848 g/mol. The van der Waals surface area contributed by atoms with Gasteiger partial charge in [0.2, 0.25) is 5.95 Å². The number of rotatable bonds is 7. The molecule has 6 nitrogen and oxygen atoms in total. The van der Waals surface area contributed by atoms with E-state index in [1.54, 1.807) is 11.3 Å². The van der Waals surface area contributed by atoms with Gasteiger partial charge in [-0.1, -0.05) is 188 Å². The maximum absolute atomic E-state index is 5.37. The molecule has 13 rings (SSSR count). The number of fused-ring (bicyclic) bond motifs is 8. The van der Waals surface area contributed by atoms with Gasteiger partial charge in [-0.2, -0.15) is 9.97 Å². The second kappa shape index (κ2) is 15.1. The Bertz CT molecular complexity index is 3930. The van der Waals surface area contributed by atoms with E-state index in [1.807, 2.05) is 30.3 Å². The van der Waals surface area contributed by atoms with Gasteiger partial charge in [-0.25, -0.2) is 9.97 Å². The van der Waals surface area contributed by atoms with E-state index in [-0.39, 0.29) is 0 Å². The van der Waals surface area contributed by atoms with Crippen LogP contribution in [0.3, 0.4) is 0 Å². The summed E-state index contributed by atoms with van der Waals surface area (Å²) >= 11 is 1.74. The molecular weight excluding hydrogens is 813 g/mol. The van der Waals surface area contributed by atoms with Crippen molar-refractivity contribution in [2.45, 2.75) is 0 Å². The van der Waals surface area contributed by atoms with E-state index >= 15 is 0 Å². The van der Waals surface area contributed by atoms with Gasteiger partial charge in [0.05, 0.1) is 32.3 Å². The Kier molecular flexibility index (Phi) is 8.60. The van der Waals surface area contributed by atoms with Crippen molar-refractivity contribution < 1.29 is 0 Å². The van der Waals surface area contributed by atoms with Crippen LogP contribution in [-0.4, -0.2) is 29.1 Å². The Morgan fingerprint density at radius 1 is 0.338 bits per heavy atom. The third-order valence-corrected chi connectivity index (χ3v) is 13.6. The summed E-state index contributed by atoms with van der Waals surface area (Å²) in [7, 11) is 0. The van der Waals surface area contributed by atoms with E-state index in [0.717, 1.165) is 93.4 Å². The average molecular weight is 849 g/mol. The standard InChI is InChI=1S/C58H36N6S/c1-4-16-37(17-5-1)38-30-32-40(33-31-38)56-60-55(39-18-6-2-7-19-39)61-58(62-56)64-51-29-13-11-25-46(51)48-35-34-47-45-24-10-12-28-50(45)63(52(47)53(48)64)43-23-14-22-42(36-43)44-26-15-27-49-54(44)65-57(59-49)41-20-8-3-9-21-41/h1-36H. The van der Waals surface area contributed by atoms with Crippen LogP contribution in [0.1, 0.15) is 0 Å². The molecule has 65 heavy (non-hydrogen) atoms. The molecule has 0 aliphatic heterocycles. The Hall–Kier alpha value is -8.52. The van der Waals surface area contributed by atoms with Crippen LogP contribution in [-0.2, 0) is 0 Å². The average Bonchev–Trinajstić information content (AvgIpc) is 4.08. The molecule has 0 spiro atoms. The molecule has 0 unspecified atom stereocenters. The van der Waals surface area contributed by atoms with Crippen molar-refractivity contribution in [1.29, 1.82) is 0 Å². The van der Waals surface area contributed by atoms with Crippen molar-refractivity contribution in [2.75, 3.05) is 0 Å². The molecule has 0 N–H and O–H groups in total. The number of hydrogen-bond acceptors (Lipinski definition) is 5. The summed E-state index contributed by atoms with van der Waals surface area (Å²) in [6.07, 6.45) is 0. The van der Waals surface area contributed by atoms with Crippen LogP contribution in [0.5, 0.6) is 0 Å². The lowest BCUT2D eigenvalue weighted by Crippen LogP contribution is -2.07. The quantitative estimate of drug-likeness (QED) is 0.160. The molecule has 7 heteroatoms. The molecule has 0 bridgehead atoms. The lowest BCUT2D eigenvalue weighted by atomic mass is 10.0. The number of aromatic nitrogens is 6. The largest absolute Gasteiger partial charge is 0.307 e. The SMILES string of the molecule is c1ccc(-c2ccc(-c3nc(-c4ccccc4)nc(-n4c5ccccc5c5ccc6c7ccccc7n(-c7cccc(-c8cccc9nc(-c%10ccccc%10)sc89)c7)c6c54)n3)cc2)cc1. The molecule has 0 aliphatic carbocycles. The third-order valence-electron chi connectivity index (χ3n) is 12.4. The van der Waals surface area contributed by atoms with E-state index < -0.39 is 0 Å². The maximum atomic E-state index is 5.37. The molecule has 4 heterocycles. The molecule has 9 aromatic carbocycles. The molecule has 0 saturated carbocycles. The van der Waals surface area contributed by atoms with E-state index in [1.165, 1.54) is 10.1 Å². The van der Waals surface area contributed by atoms with Gasteiger partial charge in [0, 0.05) is 49.5 Å². The summed E-state index contributed by atoms with van der Waals surface area (Å²) in [5.41, 5.74) is 13.8. The van der Waals surface area contributed by atoms with E-state index in [0.29, 0.717) is 17.6 Å². The van der Waals surface area contributed by atoms with Crippen molar-refractivity contribution in [3.8, 4) is 67.2 Å². The van der Waals surface area contributed by atoms with Crippen LogP contribution in [0, 0.1) is 0 Å². The van der Waals surface area contributed by atoms with Crippen molar-refractivity contribution in [3.05, 3.63) is 218 Å². The normalized spacial score (nSPS) is 11.7. The summed E-state index contributed by atoms with van der Waals surface area (Å²) < 4.78 is 5.85. The molecule has 0 fully saturated rings. The van der Waals surface area contributed by atoms with Gasteiger partial charge in [-0.3, -0.25) is 4.57 Å². The Morgan fingerprint density at radius 3 is 1.52 bits per heavy atom.